The van der Waals surface area contributed by atoms with Crippen LogP contribution in [-0.4, -0.2) is 23.7 Å². The second-order valence-corrected chi connectivity index (χ2v) is 3.06. The number of methoxy groups -OCH3 is 1. The van der Waals surface area contributed by atoms with Crippen molar-refractivity contribution in [1.82, 2.24) is 4.98 Å². The molecule has 0 saturated carbocycles. The molecule has 0 fully saturated rings. The van der Waals surface area contributed by atoms with Gasteiger partial charge in [0.15, 0.2) is 0 Å². The highest BCUT2D eigenvalue weighted by Gasteiger charge is 2.34. The molecular formula is C8H5ClF3NO4. The Hall–Kier alpha value is -1.70. The maximum absolute atomic E-state index is 12.0. The van der Waals surface area contributed by atoms with Crippen molar-refractivity contribution < 1.29 is 27.4 Å². The lowest BCUT2D eigenvalue weighted by molar-refractivity contribution is -0.276. The van der Waals surface area contributed by atoms with Crippen LogP contribution in [-0.2, 0) is 0 Å². The number of rotatable bonds is 3. The van der Waals surface area contributed by atoms with Crippen LogP contribution in [0, 0.1) is 0 Å². The Morgan fingerprint density at radius 2 is 2.06 bits per heavy atom. The molecule has 0 aliphatic rings. The van der Waals surface area contributed by atoms with E-state index in [9.17, 15) is 22.8 Å². The van der Waals surface area contributed by atoms with Gasteiger partial charge in [0.05, 0.1) is 7.11 Å². The van der Waals surface area contributed by atoms with E-state index in [1.54, 1.807) is 0 Å². The fourth-order valence-electron chi connectivity index (χ4n) is 1.02. The summed E-state index contributed by atoms with van der Waals surface area (Å²) in [5.74, 6) is -1.74. The van der Waals surface area contributed by atoms with Gasteiger partial charge in [-0.2, -0.15) is 0 Å². The van der Waals surface area contributed by atoms with Crippen LogP contribution in [0.1, 0.15) is 10.4 Å². The second kappa shape index (κ2) is 4.66. The fourth-order valence-corrected chi connectivity index (χ4v) is 1.16. The smallest absolute Gasteiger partial charge is 0.488 e. The highest BCUT2D eigenvalue weighted by atomic mass is 35.5. The first-order valence-electron chi connectivity index (χ1n) is 4.01. The summed E-state index contributed by atoms with van der Waals surface area (Å²) in [5.41, 5.74) is -1.64. The number of ether oxygens (including phenoxy) is 2. The minimum absolute atomic E-state index is 0.543. The third-order valence-electron chi connectivity index (χ3n) is 1.64. The van der Waals surface area contributed by atoms with Gasteiger partial charge in [-0.25, -0.2) is 0 Å². The molecule has 5 nitrogen and oxygen atoms in total. The number of halogens is 4. The van der Waals surface area contributed by atoms with E-state index in [0.717, 1.165) is 7.11 Å². The van der Waals surface area contributed by atoms with E-state index in [1.165, 1.54) is 0 Å². The lowest BCUT2D eigenvalue weighted by Gasteiger charge is -2.11. The molecule has 0 amide bonds. The number of hydrogen-bond acceptors (Lipinski definition) is 4. The van der Waals surface area contributed by atoms with E-state index < -0.39 is 34.2 Å². The van der Waals surface area contributed by atoms with Crippen molar-refractivity contribution in [3.05, 3.63) is 22.0 Å². The normalized spacial score (nSPS) is 11.1. The van der Waals surface area contributed by atoms with Gasteiger partial charge in [0.25, 0.3) is 5.24 Å². The summed E-state index contributed by atoms with van der Waals surface area (Å²) in [6, 6.07) is 0. The second-order valence-electron chi connectivity index (χ2n) is 2.72. The third kappa shape index (κ3) is 3.13. The quantitative estimate of drug-likeness (QED) is 0.849. The topological polar surface area (TPSA) is 68.4 Å². The predicted molar refractivity (Wildman–Crippen MR) is 50.5 cm³/mol. The fraction of sp³-hybridized carbons (Fsp3) is 0.250. The summed E-state index contributed by atoms with van der Waals surface area (Å²) < 4.78 is 43.8. The molecule has 1 heterocycles. The van der Waals surface area contributed by atoms with Gasteiger partial charge >= 0.3 is 6.36 Å². The van der Waals surface area contributed by atoms with Crippen LogP contribution in [0.15, 0.2) is 11.0 Å². The van der Waals surface area contributed by atoms with Gasteiger partial charge in [-0.15, -0.1) is 13.2 Å². The number of carbonyl (C=O) groups is 1. The Kier molecular flexibility index (Phi) is 3.66. The summed E-state index contributed by atoms with van der Waals surface area (Å²) in [7, 11) is 0.955. The van der Waals surface area contributed by atoms with Crippen molar-refractivity contribution in [3.63, 3.8) is 0 Å². The van der Waals surface area contributed by atoms with E-state index >= 15 is 0 Å². The molecule has 0 unspecified atom stereocenters. The van der Waals surface area contributed by atoms with Crippen LogP contribution < -0.4 is 14.9 Å². The number of alkyl halides is 3. The minimum atomic E-state index is -5.00. The third-order valence-corrected chi connectivity index (χ3v) is 1.84. The molecule has 0 aliphatic carbocycles. The molecular weight excluding hydrogens is 267 g/mol. The van der Waals surface area contributed by atoms with Gasteiger partial charge < -0.3 is 14.5 Å². The Morgan fingerprint density at radius 1 is 1.47 bits per heavy atom. The van der Waals surface area contributed by atoms with Crippen molar-refractivity contribution >= 4 is 16.8 Å². The summed E-state index contributed by atoms with van der Waals surface area (Å²) >= 11 is 5.05. The zero-order valence-electron chi connectivity index (χ0n) is 8.22. The summed E-state index contributed by atoms with van der Waals surface area (Å²) in [6.07, 6.45) is -4.29. The van der Waals surface area contributed by atoms with Gasteiger partial charge in [0.1, 0.15) is 5.56 Å². The molecule has 1 aromatic heterocycles. The van der Waals surface area contributed by atoms with Crippen LogP contribution in [0.5, 0.6) is 11.6 Å². The van der Waals surface area contributed by atoms with Crippen LogP contribution in [0.2, 0.25) is 0 Å². The van der Waals surface area contributed by atoms with Crippen LogP contribution >= 0.6 is 11.6 Å². The van der Waals surface area contributed by atoms with Gasteiger partial charge in [0, 0.05) is 6.20 Å². The molecule has 1 N–H and O–H groups in total. The van der Waals surface area contributed by atoms with Crippen molar-refractivity contribution in [3.8, 4) is 11.6 Å². The SMILES string of the molecule is COc1c(OC(F)(F)F)[nH]cc(C(=O)Cl)c1=O. The Labute approximate surface area is 97.1 Å². The molecule has 1 aromatic rings. The highest BCUT2D eigenvalue weighted by Crippen LogP contribution is 2.27. The van der Waals surface area contributed by atoms with Crippen molar-refractivity contribution in [2.24, 2.45) is 0 Å². The first kappa shape index (κ1) is 13.4. The van der Waals surface area contributed by atoms with Gasteiger partial charge in [0.2, 0.25) is 17.1 Å². The monoisotopic (exact) mass is 271 g/mol. The maximum atomic E-state index is 12.0. The lowest BCUT2D eigenvalue weighted by Crippen LogP contribution is -2.22. The number of aromatic nitrogens is 1. The molecule has 17 heavy (non-hydrogen) atoms. The average molecular weight is 272 g/mol. The molecule has 94 valence electrons. The van der Waals surface area contributed by atoms with Crippen LogP contribution in [0.25, 0.3) is 0 Å². The number of nitrogens with one attached hydrogen (secondary N) is 1. The molecule has 1 rings (SSSR count). The van der Waals surface area contributed by atoms with Gasteiger partial charge in [-0.05, 0) is 11.6 Å². The van der Waals surface area contributed by atoms with E-state index in [4.69, 9.17) is 11.6 Å². The molecule has 0 bridgehead atoms. The van der Waals surface area contributed by atoms with Crippen molar-refractivity contribution in [2.75, 3.05) is 7.11 Å². The van der Waals surface area contributed by atoms with E-state index in [2.05, 4.69) is 9.47 Å². The molecule has 0 spiro atoms. The Balaban J connectivity index is 3.32. The average Bonchev–Trinajstić information content (AvgIpc) is 2.15. The molecule has 0 atom stereocenters. The zero-order chi connectivity index (χ0) is 13.2. The summed E-state index contributed by atoms with van der Waals surface area (Å²) in [4.78, 5) is 24.2. The molecule has 9 heteroatoms. The standard InChI is InChI=1S/C8H5ClF3NO4/c1-16-5-4(14)3(6(9)15)2-13-7(5)17-8(10,11)12/h2H,1H3,(H,13,14). The predicted octanol–water partition coefficient (Wildman–Crippen LogP) is 1.66. The zero-order valence-corrected chi connectivity index (χ0v) is 8.98. The number of pyridine rings is 1. The Bertz CT molecular complexity index is 497. The maximum Gasteiger partial charge on any atom is 0.574 e. The molecule has 0 aliphatic heterocycles. The first-order valence-corrected chi connectivity index (χ1v) is 4.39. The van der Waals surface area contributed by atoms with Crippen molar-refractivity contribution in [2.45, 2.75) is 6.36 Å². The van der Waals surface area contributed by atoms with Gasteiger partial charge in [-0.3, -0.25) is 9.59 Å². The lowest BCUT2D eigenvalue weighted by atomic mass is 10.3. The van der Waals surface area contributed by atoms with Crippen molar-refractivity contribution in [1.29, 1.82) is 0 Å². The van der Waals surface area contributed by atoms with Crippen LogP contribution in [0.3, 0.4) is 0 Å². The summed E-state index contributed by atoms with van der Waals surface area (Å²) in [6.45, 7) is 0. The van der Waals surface area contributed by atoms with Crippen LogP contribution in [0.4, 0.5) is 13.2 Å². The largest absolute Gasteiger partial charge is 0.574 e. The highest BCUT2D eigenvalue weighted by molar-refractivity contribution is 6.67. The number of H-pyrrole nitrogens is 1. The van der Waals surface area contributed by atoms with Gasteiger partial charge in [-0.1, -0.05) is 0 Å². The molecule has 0 radical (unpaired) electrons. The first-order chi connectivity index (χ1) is 7.76. The number of hydrogen-bond donors (Lipinski definition) is 1. The molecule has 0 saturated heterocycles. The minimum Gasteiger partial charge on any atom is -0.488 e. The van der Waals surface area contributed by atoms with E-state index in [1.807, 2.05) is 4.98 Å². The summed E-state index contributed by atoms with van der Waals surface area (Å²) in [5, 5.41) is -1.12. The number of aromatic amines is 1. The van der Waals surface area contributed by atoms with E-state index in [-0.39, 0.29) is 0 Å². The number of carbonyl (C=O) groups excluding carboxylic acids is 1. The van der Waals surface area contributed by atoms with E-state index in [0.29, 0.717) is 6.20 Å². The Morgan fingerprint density at radius 3 is 2.47 bits per heavy atom. The molecule has 0 aromatic carbocycles.